The number of nitrogens with zero attached hydrogens (tertiary/aromatic N) is 4. The Morgan fingerprint density at radius 1 is 1.12 bits per heavy atom. The van der Waals surface area contributed by atoms with E-state index in [0.29, 0.717) is 33.1 Å². The van der Waals surface area contributed by atoms with Gasteiger partial charge in [0.1, 0.15) is 5.82 Å². The van der Waals surface area contributed by atoms with E-state index < -0.39 is 4.92 Å². The molecular weight excluding hydrogens is 442 g/mol. The molecule has 0 saturated carbocycles. The molecule has 0 bridgehead atoms. The van der Waals surface area contributed by atoms with Gasteiger partial charge in [-0.3, -0.25) is 19.7 Å². The number of thioether (sulfide) groups is 1. The van der Waals surface area contributed by atoms with E-state index in [1.165, 1.54) is 16.7 Å². The molecule has 1 N–H and O–H groups in total. The van der Waals surface area contributed by atoms with E-state index in [9.17, 15) is 19.7 Å². The second-order valence-electron chi connectivity index (χ2n) is 7.29. The summed E-state index contributed by atoms with van der Waals surface area (Å²) in [5.74, 6) is -0.0330. The summed E-state index contributed by atoms with van der Waals surface area (Å²) in [5, 5.41) is 14.6. The van der Waals surface area contributed by atoms with Crippen LogP contribution < -0.4 is 10.9 Å². The summed E-state index contributed by atoms with van der Waals surface area (Å²) in [6.45, 7) is 3.47. The molecule has 0 aliphatic rings. The number of carbonyl (C=O) groups excluding carboxylic acids is 1. The van der Waals surface area contributed by atoms with Crippen molar-refractivity contribution in [2.75, 3.05) is 11.1 Å². The molecule has 33 heavy (non-hydrogen) atoms. The van der Waals surface area contributed by atoms with Crippen LogP contribution in [0.25, 0.3) is 16.7 Å². The van der Waals surface area contributed by atoms with Crippen LogP contribution in [0.5, 0.6) is 0 Å². The van der Waals surface area contributed by atoms with E-state index in [4.69, 9.17) is 0 Å². The van der Waals surface area contributed by atoms with E-state index in [0.717, 1.165) is 17.3 Å². The van der Waals surface area contributed by atoms with Crippen molar-refractivity contribution in [3.05, 3.63) is 92.4 Å². The fourth-order valence-corrected chi connectivity index (χ4v) is 4.08. The summed E-state index contributed by atoms with van der Waals surface area (Å²) in [4.78, 5) is 45.4. The SMILES string of the molecule is Cc1ccc(-n2c(SCC(=O)Nc3cccc([N+](=O)[O-])c3C)nc3ccccc3c2=O)nc1. The van der Waals surface area contributed by atoms with Gasteiger partial charge in [-0.1, -0.05) is 36.0 Å². The van der Waals surface area contributed by atoms with Crippen molar-refractivity contribution in [1.82, 2.24) is 14.5 Å². The number of benzene rings is 2. The molecule has 4 rings (SSSR count). The zero-order valence-corrected chi connectivity index (χ0v) is 18.6. The molecule has 0 unspecified atom stereocenters. The van der Waals surface area contributed by atoms with Gasteiger partial charge in [0.2, 0.25) is 5.91 Å². The van der Waals surface area contributed by atoms with Crippen molar-refractivity contribution in [3.63, 3.8) is 0 Å². The zero-order chi connectivity index (χ0) is 23.5. The summed E-state index contributed by atoms with van der Waals surface area (Å²) in [7, 11) is 0. The summed E-state index contributed by atoms with van der Waals surface area (Å²) < 4.78 is 1.39. The number of anilines is 1. The number of aryl methyl sites for hydroxylation is 1. The highest BCUT2D eigenvalue weighted by atomic mass is 32.2. The van der Waals surface area contributed by atoms with Gasteiger partial charge in [-0.2, -0.15) is 0 Å². The van der Waals surface area contributed by atoms with E-state index in [1.807, 2.05) is 13.0 Å². The lowest BCUT2D eigenvalue weighted by molar-refractivity contribution is -0.385. The standard InChI is InChI=1S/C23H19N5O4S/c1-14-10-11-20(24-12-14)27-22(30)16-6-3-4-7-18(16)26-23(27)33-13-21(29)25-17-8-5-9-19(15(17)2)28(31)32/h3-12H,13H2,1-2H3,(H,25,29). The van der Waals surface area contributed by atoms with Crippen molar-refractivity contribution in [2.45, 2.75) is 19.0 Å². The number of para-hydroxylation sites is 1. The third-order valence-corrected chi connectivity index (χ3v) is 5.92. The smallest absolute Gasteiger partial charge is 0.274 e. The fraction of sp³-hybridized carbons (Fsp3) is 0.130. The third-order valence-electron chi connectivity index (χ3n) is 4.98. The maximum atomic E-state index is 13.2. The van der Waals surface area contributed by atoms with Gasteiger partial charge in [0.15, 0.2) is 5.16 Å². The summed E-state index contributed by atoms with van der Waals surface area (Å²) >= 11 is 1.08. The molecule has 0 radical (unpaired) electrons. The Hall–Kier alpha value is -4.05. The van der Waals surface area contributed by atoms with Crippen LogP contribution in [0.1, 0.15) is 11.1 Å². The molecule has 2 aromatic heterocycles. The highest BCUT2D eigenvalue weighted by Gasteiger charge is 2.18. The van der Waals surface area contributed by atoms with Crippen molar-refractivity contribution < 1.29 is 9.72 Å². The minimum absolute atomic E-state index is 0.0568. The van der Waals surface area contributed by atoms with Crippen LogP contribution in [0.15, 0.2) is 70.7 Å². The summed E-state index contributed by atoms with van der Waals surface area (Å²) in [6.07, 6.45) is 1.66. The van der Waals surface area contributed by atoms with E-state index >= 15 is 0 Å². The number of nitro groups is 1. The maximum absolute atomic E-state index is 13.2. The zero-order valence-electron chi connectivity index (χ0n) is 17.8. The summed E-state index contributed by atoms with van der Waals surface area (Å²) in [6, 6.07) is 15.0. The largest absolute Gasteiger partial charge is 0.325 e. The topological polar surface area (TPSA) is 120 Å². The van der Waals surface area contributed by atoms with Crippen molar-refractivity contribution in [2.24, 2.45) is 0 Å². The second-order valence-corrected chi connectivity index (χ2v) is 8.23. The first-order valence-corrected chi connectivity index (χ1v) is 10.9. The minimum Gasteiger partial charge on any atom is -0.325 e. The quantitative estimate of drug-likeness (QED) is 0.199. The van der Waals surface area contributed by atoms with Gasteiger partial charge in [0.05, 0.1) is 32.8 Å². The molecule has 0 saturated heterocycles. The Labute approximate surface area is 192 Å². The Kier molecular flexibility index (Phi) is 6.18. The Balaban J connectivity index is 1.65. The predicted molar refractivity (Wildman–Crippen MR) is 127 cm³/mol. The average Bonchev–Trinajstić information content (AvgIpc) is 2.80. The van der Waals surface area contributed by atoms with Crippen LogP contribution in [0.4, 0.5) is 11.4 Å². The lowest BCUT2D eigenvalue weighted by atomic mass is 10.1. The monoisotopic (exact) mass is 461 g/mol. The van der Waals surface area contributed by atoms with Crippen LogP contribution in [-0.2, 0) is 4.79 Å². The first-order chi connectivity index (χ1) is 15.8. The molecule has 10 heteroatoms. The number of aromatic nitrogens is 3. The number of hydrogen-bond acceptors (Lipinski definition) is 7. The number of rotatable bonds is 6. The number of carbonyl (C=O) groups is 1. The van der Waals surface area contributed by atoms with E-state index in [-0.39, 0.29) is 22.9 Å². The van der Waals surface area contributed by atoms with Crippen LogP contribution in [-0.4, -0.2) is 31.1 Å². The Bertz CT molecular complexity index is 1430. The van der Waals surface area contributed by atoms with E-state index in [1.54, 1.807) is 49.5 Å². The van der Waals surface area contributed by atoms with E-state index in [2.05, 4.69) is 15.3 Å². The fourth-order valence-electron chi connectivity index (χ4n) is 3.28. The lowest BCUT2D eigenvalue weighted by Gasteiger charge is -2.13. The molecule has 0 aliphatic carbocycles. The highest BCUT2D eigenvalue weighted by Crippen LogP contribution is 2.26. The molecule has 0 fully saturated rings. The van der Waals surface area contributed by atoms with Crippen LogP contribution in [0.3, 0.4) is 0 Å². The third kappa shape index (κ3) is 4.60. The molecule has 0 spiro atoms. The number of nitrogens with one attached hydrogen (secondary N) is 1. The molecule has 166 valence electrons. The van der Waals surface area contributed by atoms with Crippen molar-refractivity contribution in [3.8, 4) is 5.82 Å². The lowest BCUT2D eigenvalue weighted by Crippen LogP contribution is -2.23. The highest BCUT2D eigenvalue weighted by molar-refractivity contribution is 7.99. The van der Waals surface area contributed by atoms with Gasteiger partial charge in [-0.25, -0.2) is 14.5 Å². The minimum atomic E-state index is -0.494. The predicted octanol–water partition coefficient (Wildman–Crippen LogP) is 4.04. The van der Waals surface area contributed by atoms with Crippen molar-refractivity contribution in [1.29, 1.82) is 0 Å². The number of amides is 1. The summed E-state index contributed by atoms with van der Waals surface area (Å²) in [5.41, 5.74) is 1.83. The molecule has 0 aliphatic heterocycles. The van der Waals surface area contributed by atoms with Gasteiger partial charge in [0, 0.05) is 12.3 Å². The van der Waals surface area contributed by atoms with Gasteiger partial charge in [0.25, 0.3) is 11.2 Å². The number of fused-ring (bicyclic) bond motifs is 1. The first-order valence-electron chi connectivity index (χ1n) is 9.96. The first kappa shape index (κ1) is 22.2. The van der Waals surface area contributed by atoms with Crippen LogP contribution in [0, 0.1) is 24.0 Å². The molecule has 2 aromatic carbocycles. The average molecular weight is 462 g/mol. The number of hydrogen-bond donors (Lipinski definition) is 1. The van der Waals surface area contributed by atoms with Gasteiger partial charge >= 0.3 is 0 Å². The molecule has 4 aromatic rings. The van der Waals surface area contributed by atoms with Crippen LogP contribution >= 0.6 is 11.8 Å². The molecular formula is C23H19N5O4S. The molecule has 2 heterocycles. The second kappa shape index (κ2) is 9.21. The number of nitro benzene ring substituents is 1. The van der Waals surface area contributed by atoms with Gasteiger partial charge in [-0.15, -0.1) is 0 Å². The number of pyridine rings is 1. The normalized spacial score (nSPS) is 10.8. The molecule has 0 atom stereocenters. The van der Waals surface area contributed by atoms with Gasteiger partial charge in [-0.05, 0) is 43.7 Å². The molecule has 1 amide bonds. The Morgan fingerprint density at radius 3 is 2.64 bits per heavy atom. The molecule has 9 nitrogen and oxygen atoms in total. The van der Waals surface area contributed by atoms with Crippen LogP contribution in [0.2, 0.25) is 0 Å². The maximum Gasteiger partial charge on any atom is 0.274 e. The van der Waals surface area contributed by atoms with Gasteiger partial charge < -0.3 is 5.32 Å². The Morgan fingerprint density at radius 2 is 1.91 bits per heavy atom. The van der Waals surface area contributed by atoms with Crippen molar-refractivity contribution >= 4 is 39.9 Å².